The van der Waals surface area contributed by atoms with Crippen LogP contribution in [-0.4, -0.2) is 67.7 Å². The van der Waals surface area contributed by atoms with E-state index >= 15 is 0 Å². The summed E-state index contributed by atoms with van der Waals surface area (Å²) in [4.78, 5) is 9.17. The van der Waals surface area contributed by atoms with Gasteiger partial charge in [0.1, 0.15) is 11.9 Å². The van der Waals surface area contributed by atoms with Gasteiger partial charge in [-0.15, -0.1) is 0 Å². The van der Waals surface area contributed by atoms with Gasteiger partial charge >= 0.3 is 0 Å². The van der Waals surface area contributed by atoms with Gasteiger partial charge < -0.3 is 15.0 Å². The molecule has 144 valence electrons. The van der Waals surface area contributed by atoms with Gasteiger partial charge in [-0.3, -0.25) is 9.89 Å². The number of ether oxygens (including phenoxy) is 1. The van der Waals surface area contributed by atoms with Crippen LogP contribution in [0, 0.1) is 5.82 Å². The Bertz CT molecular complexity index is 617. The number of halogens is 1. The number of nitrogens with zero attached hydrogens (tertiary/aromatic N) is 3. The SMILES string of the molecule is CN=C(NCC(C)N(C)C1CC1)N1CC(C)OC(c2ccc(F)cc2)C1. The van der Waals surface area contributed by atoms with E-state index in [1.165, 1.54) is 25.0 Å². The first-order chi connectivity index (χ1) is 12.5. The van der Waals surface area contributed by atoms with Gasteiger partial charge in [0.05, 0.1) is 12.6 Å². The first-order valence-corrected chi connectivity index (χ1v) is 9.56. The predicted octanol–water partition coefficient (Wildman–Crippen LogP) is 2.65. The number of benzene rings is 1. The van der Waals surface area contributed by atoms with Crippen molar-refractivity contribution in [3.63, 3.8) is 0 Å². The van der Waals surface area contributed by atoms with E-state index in [9.17, 15) is 4.39 Å². The van der Waals surface area contributed by atoms with Gasteiger partial charge in [0.15, 0.2) is 5.96 Å². The Kier molecular flexibility index (Phi) is 6.14. The van der Waals surface area contributed by atoms with Crippen LogP contribution in [0.5, 0.6) is 0 Å². The number of guanidine groups is 1. The molecule has 0 spiro atoms. The summed E-state index contributed by atoms with van der Waals surface area (Å²) in [5.41, 5.74) is 1.00. The van der Waals surface area contributed by atoms with Gasteiger partial charge in [-0.05, 0) is 51.4 Å². The van der Waals surface area contributed by atoms with Crippen molar-refractivity contribution in [3.05, 3.63) is 35.6 Å². The average Bonchev–Trinajstić information content (AvgIpc) is 3.46. The lowest BCUT2D eigenvalue weighted by molar-refractivity contribution is -0.0605. The molecule has 3 atom stereocenters. The molecule has 2 aliphatic rings. The molecule has 0 amide bonds. The zero-order valence-electron chi connectivity index (χ0n) is 16.3. The Morgan fingerprint density at radius 3 is 2.65 bits per heavy atom. The number of morpholine rings is 1. The number of aliphatic imine (C=N–C) groups is 1. The molecule has 1 aliphatic heterocycles. The van der Waals surface area contributed by atoms with Crippen LogP contribution in [0.4, 0.5) is 4.39 Å². The number of nitrogens with one attached hydrogen (secondary N) is 1. The van der Waals surface area contributed by atoms with Gasteiger partial charge in [-0.1, -0.05) is 12.1 Å². The number of hydrogen-bond acceptors (Lipinski definition) is 3. The van der Waals surface area contributed by atoms with E-state index in [1.807, 2.05) is 7.05 Å². The summed E-state index contributed by atoms with van der Waals surface area (Å²) in [5, 5.41) is 3.52. The molecule has 1 aromatic carbocycles. The first kappa shape index (κ1) is 19.1. The molecule has 1 heterocycles. The number of likely N-dealkylation sites (N-methyl/N-ethyl adjacent to an activating group) is 1. The van der Waals surface area contributed by atoms with Crippen LogP contribution in [0.2, 0.25) is 0 Å². The summed E-state index contributed by atoms with van der Waals surface area (Å²) >= 11 is 0. The highest BCUT2D eigenvalue weighted by atomic mass is 19.1. The molecule has 3 rings (SSSR count). The Balaban J connectivity index is 1.60. The zero-order chi connectivity index (χ0) is 18.7. The summed E-state index contributed by atoms with van der Waals surface area (Å²) in [7, 11) is 4.03. The molecular formula is C20H31FN4O. The molecule has 0 radical (unpaired) electrons. The van der Waals surface area contributed by atoms with Crippen LogP contribution in [0.15, 0.2) is 29.3 Å². The van der Waals surface area contributed by atoms with Gasteiger partial charge in [0.25, 0.3) is 0 Å². The molecule has 1 N–H and O–H groups in total. The Morgan fingerprint density at radius 2 is 2.04 bits per heavy atom. The lowest BCUT2D eigenvalue weighted by Gasteiger charge is -2.39. The van der Waals surface area contributed by atoms with Crippen molar-refractivity contribution in [3.8, 4) is 0 Å². The van der Waals surface area contributed by atoms with Crippen LogP contribution >= 0.6 is 0 Å². The molecule has 1 saturated heterocycles. The second-order valence-electron chi connectivity index (χ2n) is 7.57. The minimum Gasteiger partial charge on any atom is -0.367 e. The van der Waals surface area contributed by atoms with Crippen molar-refractivity contribution < 1.29 is 9.13 Å². The smallest absolute Gasteiger partial charge is 0.193 e. The summed E-state index contributed by atoms with van der Waals surface area (Å²) in [6, 6.07) is 7.80. The molecular weight excluding hydrogens is 331 g/mol. The topological polar surface area (TPSA) is 40.1 Å². The molecule has 2 fully saturated rings. The second kappa shape index (κ2) is 8.35. The maximum absolute atomic E-state index is 13.2. The largest absolute Gasteiger partial charge is 0.367 e. The third kappa shape index (κ3) is 4.74. The lowest BCUT2D eigenvalue weighted by Crippen LogP contribution is -2.52. The molecule has 26 heavy (non-hydrogen) atoms. The Morgan fingerprint density at radius 1 is 1.35 bits per heavy atom. The Labute approximate surface area is 156 Å². The maximum Gasteiger partial charge on any atom is 0.193 e. The van der Waals surface area contributed by atoms with Crippen LogP contribution in [-0.2, 0) is 4.74 Å². The highest BCUT2D eigenvalue weighted by molar-refractivity contribution is 5.80. The van der Waals surface area contributed by atoms with Crippen molar-refractivity contribution in [1.82, 2.24) is 15.1 Å². The van der Waals surface area contributed by atoms with Crippen molar-refractivity contribution in [1.29, 1.82) is 0 Å². The van der Waals surface area contributed by atoms with E-state index in [-0.39, 0.29) is 18.0 Å². The standard InChI is InChI=1S/C20H31FN4O/c1-14(24(4)18-9-10-18)11-23-20(22-3)25-12-15(2)26-19(13-25)16-5-7-17(21)8-6-16/h5-8,14-15,18-19H,9-13H2,1-4H3,(H,22,23). The number of hydrogen-bond donors (Lipinski definition) is 1. The highest BCUT2D eigenvalue weighted by Crippen LogP contribution is 2.27. The van der Waals surface area contributed by atoms with E-state index in [0.29, 0.717) is 12.6 Å². The average molecular weight is 362 g/mol. The van der Waals surface area contributed by atoms with E-state index < -0.39 is 0 Å². The molecule has 1 aromatic rings. The maximum atomic E-state index is 13.2. The van der Waals surface area contributed by atoms with Gasteiger partial charge in [-0.2, -0.15) is 0 Å². The van der Waals surface area contributed by atoms with Crippen molar-refractivity contribution in [2.24, 2.45) is 4.99 Å². The number of rotatable bonds is 5. The van der Waals surface area contributed by atoms with E-state index in [0.717, 1.165) is 30.7 Å². The van der Waals surface area contributed by atoms with Gasteiger partial charge in [-0.25, -0.2) is 4.39 Å². The summed E-state index contributed by atoms with van der Waals surface area (Å²) in [5.74, 6) is 0.684. The fraction of sp³-hybridized carbons (Fsp3) is 0.650. The van der Waals surface area contributed by atoms with Crippen LogP contribution in [0.1, 0.15) is 38.4 Å². The van der Waals surface area contributed by atoms with Crippen molar-refractivity contribution in [2.75, 3.05) is 33.7 Å². The minimum absolute atomic E-state index is 0.0792. The van der Waals surface area contributed by atoms with E-state index in [4.69, 9.17) is 4.74 Å². The molecule has 0 aromatic heterocycles. The fourth-order valence-electron chi connectivity index (χ4n) is 3.54. The predicted molar refractivity (Wildman–Crippen MR) is 103 cm³/mol. The minimum atomic E-state index is -0.222. The Hall–Kier alpha value is -1.66. The summed E-state index contributed by atoms with van der Waals surface area (Å²) in [6.45, 7) is 6.70. The van der Waals surface area contributed by atoms with E-state index in [1.54, 1.807) is 12.1 Å². The molecule has 6 heteroatoms. The highest BCUT2D eigenvalue weighted by Gasteiger charge is 2.31. The molecule has 5 nitrogen and oxygen atoms in total. The zero-order valence-corrected chi connectivity index (χ0v) is 16.3. The van der Waals surface area contributed by atoms with Crippen molar-refractivity contribution >= 4 is 5.96 Å². The monoisotopic (exact) mass is 362 g/mol. The normalized spacial score (nSPS) is 25.5. The quantitative estimate of drug-likeness (QED) is 0.646. The van der Waals surface area contributed by atoms with Crippen LogP contribution in [0.3, 0.4) is 0 Å². The fourth-order valence-corrected chi connectivity index (χ4v) is 3.54. The third-order valence-electron chi connectivity index (χ3n) is 5.39. The van der Waals surface area contributed by atoms with Crippen molar-refractivity contribution in [2.45, 2.75) is 51.0 Å². The van der Waals surface area contributed by atoms with E-state index in [2.05, 4.69) is 41.0 Å². The van der Waals surface area contributed by atoms with Crippen LogP contribution in [0.25, 0.3) is 0 Å². The molecule has 3 unspecified atom stereocenters. The van der Waals surface area contributed by atoms with Gasteiger partial charge in [0.2, 0.25) is 0 Å². The summed E-state index contributed by atoms with van der Waals surface area (Å²) < 4.78 is 19.3. The van der Waals surface area contributed by atoms with Gasteiger partial charge in [0, 0.05) is 32.2 Å². The molecule has 1 saturated carbocycles. The lowest BCUT2D eigenvalue weighted by atomic mass is 10.1. The summed E-state index contributed by atoms with van der Waals surface area (Å²) in [6.07, 6.45) is 2.64. The third-order valence-corrected chi connectivity index (χ3v) is 5.39. The first-order valence-electron chi connectivity index (χ1n) is 9.56. The molecule has 1 aliphatic carbocycles. The second-order valence-corrected chi connectivity index (χ2v) is 7.57. The molecule has 0 bridgehead atoms. The van der Waals surface area contributed by atoms with Crippen LogP contribution < -0.4 is 5.32 Å².